The van der Waals surface area contributed by atoms with Gasteiger partial charge in [-0.25, -0.2) is 18.2 Å². The fraction of sp³-hybridized carbons (Fsp3) is 0.286. The number of nitrogens with one attached hydrogen (secondary N) is 1. The molecule has 1 atom stereocenters. The zero-order valence-corrected chi connectivity index (χ0v) is 22.3. The summed E-state index contributed by atoms with van der Waals surface area (Å²) in [4.78, 5) is 46.3. The Labute approximate surface area is 238 Å². The minimum Gasteiger partial charge on any atom is -0.351 e. The SMILES string of the molecule is N#Cc1ccnc(N2CCCC2=O)c1.O=CN(c1cncc(F)c1)[C@H](C(=O)NC1CC(F)(F)C1)c1ccccc1Cl. The molecule has 1 N–H and O–H groups in total. The smallest absolute Gasteiger partial charge is 0.252 e. The number of rotatable bonds is 7. The van der Waals surface area contributed by atoms with Gasteiger partial charge >= 0.3 is 0 Å². The zero-order chi connectivity index (χ0) is 29.6. The third-order valence-corrected chi connectivity index (χ3v) is 6.83. The lowest BCUT2D eigenvalue weighted by molar-refractivity contribution is -0.131. The summed E-state index contributed by atoms with van der Waals surface area (Å²) >= 11 is 6.18. The number of pyridine rings is 2. The molecule has 1 aliphatic carbocycles. The molecular formula is C28H24ClF3N6O3. The lowest BCUT2D eigenvalue weighted by Gasteiger charge is -2.37. The van der Waals surface area contributed by atoms with Crippen molar-refractivity contribution in [2.75, 3.05) is 16.3 Å². The number of nitriles is 1. The number of carbonyl (C=O) groups is 3. The molecule has 1 aromatic carbocycles. The highest BCUT2D eigenvalue weighted by Gasteiger charge is 2.47. The van der Waals surface area contributed by atoms with Crippen LogP contribution in [0.4, 0.5) is 24.7 Å². The van der Waals surface area contributed by atoms with Gasteiger partial charge in [-0.15, -0.1) is 0 Å². The number of hydrogen-bond acceptors (Lipinski definition) is 6. The number of halogens is 4. The highest BCUT2D eigenvalue weighted by molar-refractivity contribution is 6.31. The molecule has 0 radical (unpaired) electrons. The molecule has 1 saturated carbocycles. The van der Waals surface area contributed by atoms with Crippen molar-refractivity contribution in [3.05, 3.63) is 83.0 Å². The van der Waals surface area contributed by atoms with Gasteiger partial charge in [0.2, 0.25) is 18.2 Å². The van der Waals surface area contributed by atoms with Crippen LogP contribution < -0.4 is 15.1 Å². The maximum absolute atomic E-state index is 13.6. The number of amides is 3. The molecule has 3 amide bonds. The third-order valence-electron chi connectivity index (χ3n) is 6.49. The van der Waals surface area contributed by atoms with E-state index in [1.54, 1.807) is 35.4 Å². The number of nitrogens with zero attached hydrogens (tertiary/aromatic N) is 5. The molecule has 1 aliphatic heterocycles. The summed E-state index contributed by atoms with van der Waals surface area (Å²) in [6.45, 7) is 0.709. The number of hydrogen-bond donors (Lipinski definition) is 1. The Morgan fingerprint density at radius 3 is 2.61 bits per heavy atom. The molecule has 3 aromatic rings. The van der Waals surface area contributed by atoms with Crippen molar-refractivity contribution in [2.45, 2.75) is 43.7 Å². The van der Waals surface area contributed by atoms with E-state index in [2.05, 4.69) is 15.3 Å². The van der Waals surface area contributed by atoms with E-state index in [-0.39, 0.29) is 22.2 Å². The van der Waals surface area contributed by atoms with Gasteiger partial charge in [0, 0.05) is 54.7 Å². The van der Waals surface area contributed by atoms with Crippen LogP contribution in [0.1, 0.15) is 42.9 Å². The molecule has 41 heavy (non-hydrogen) atoms. The second-order valence-electron chi connectivity index (χ2n) is 9.43. The quantitative estimate of drug-likeness (QED) is 0.406. The van der Waals surface area contributed by atoms with Crippen molar-refractivity contribution >= 4 is 41.3 Å². The maximum Gasteiger partial charge on any atom is 0.252 e. The summed E-state index contributed by atoms with van der Waals surface area (Å²) < 4.78 is 39.7. The predicted molar refractivity (Wildman–Crippen MR) is 144 cm³/mol. The predicted octanol–water partition coefficient (Wildman–Crippen LogP) is 4.57. The molecule has 3 heterocycles. The lowest BCUT2D eigenvalue weighted by atomic mass is 9.88. The van der Waals surface area contributed by atoms with Gasteiger partial charge in [0.15, 0.2) is 0 Å². The van der Waals surface area contributed by atoms with E-state index in [4.69, 9.17) is 16.9 Å². The minimum atomic E-state index is -2.81. The first kappa shape index (κ1) is 29.5. The highest BCUT2D eigenvalue weighted by Crippen LogP contribution is 2.38. The summed E-state index contributed by atoms with van der Waals surface area (Å²) in [5.74, 6) is -3.52. The van der Waals surface area contributed by atoms with E-state index in [0.717, 1.165) is 23.6 Å². The second-order valence-corrected chi connectivity index (χ2v) is 9.84. The van der Waals surface area contributed by atoms with E-state index >= 15 is 0 Å². The molecule has 9 nitrogen and oxygen atoms in total. The van der Waals surface area contributed by atoms with Crippen LogP contribution in [0.15, 0.2) is 61.1 Å². The van der Waals surface area contributed by atoms with Crippen molar-refractivity contribution in [1.29, 1.82) is 5.26 Å². The average molecular weight is 585 g/mol. The summed E-state index contributed by atoms with van der Waals surface area (Å²) in [5, 5.41) is 11.4. The first-order valence-corrected chi connectivity index (χ1v) is 12.9. The van der Waals surface area contributed by atoms with Gasteiger partial charge < -0.3 is 5.32 Å². The number of aromatic nitrogens is 2. The summed E-state index contributed by atoms with van der Waals surface area (Å²) in [6, 6.07) is 10.7. The number of alkyl halides is 2. The Bertz CT molecular complexity index is 1480. The van der Waals surface area contributed by atoms with Crippen molar-refractivity contribution in [3.63, 3.8) is 0 Å². The first-order valence-electron chi connectivity index (χ1n) is 12.5. The van der Waals surface area contributed by atoms with Crippen LogP contribution in [0.2, 0.25) is 5.02 Å². The van der Waals surface area contributed by atoms with Gasteiger partial charge in [-0.3, -0.25) is 29.2 Å². The van der Waals surface area contributed by atoms with Crippen molar-refractivity contribution < 1.29 is 27.6 Å². The van der Waals surface area contributed by atoms with Crippen LogP contribution in [0.25, 0.3) is 0 Å². The molecule has 5 rings (SSSR count). The highest BCUT2D eigenvalue weighted by atomic mass is 35.5. The fourth-order valence-electron chi connectivity index (χ4n) is 4.50. The summed E-state index contributed by atoms with van der Waals surface area (Å²) in [5.41, 5.74) is 0.845. The van der Waals surface area contributed by atoms with Crippen LogP contribution in [0, 0.1) is 17.1 Å². The zero-order valence-electron chi connectivity index (χ0n) is 21.5. The van der Waals surface area contributed by atoms with Gasteiger partial charge in [0.05, 0.1) is 29.7 Å². The Morgan fingerprint density at radius 2 is 2.00 bits per heavy atom. The van der Waals surface area contributed by atoms with Crippen molar-refractivity contribution in [2.24, 2.45) is 0 Å². The van der Waals surface area contributed by atoms with Gasteiger partial charge in [-0.05, 0) is 24.6 Å². The second kappa shape index (κ2) is 12.8. The number of benzene rings is 1. The first-order chi connectivity index (χ1) is 19.6. The topological polar surface area (TPSA) is 119 Å². The maximum atomic E-state index is 13.6. The Kier molecular flexibility index (Phi) is 9.19. The van der Waals surface area contributed by atoms with Crippen LogP contribution in [-0.2, 0) is 14.4 Å². The molecule has 2 aliphatic rings. The summed E-state index contributed by atoms with van der Waals surface area (Å²) in [7, 11) is 0. The Hall–Kier alpha value is -4.50. The van der Waals surface area contributed by atoms with Gasteiger partial charge in [-0.1, -0.05) is 29.8 Å². The Morgan fingerprint density at radius 1 is 1.24 bits per heavy atom. The number of anilines is 2. The van der Waals surface area contributed by atoms with Gasteiger partial charge in [-0.2, -0.15) is 5.26 Å². The van der Waals surface area contributed by atoms with Crippen molar-refractivity contribution in [1.82, 2.24) is 15.3 Å². The van der Waals surface area contributed by atoms with Crippen LogP contribution in [0.3, 0.4) is 0 Å². The van der Waals surface area contributed by atoms with E-state index in [1.165, 1.54) is 18.3 Å². The standard InChI is InChI=1S/C18H15ClF3N3O2.C10H9N3O/c19-15-4-2-1-3-14(15)16(17(27)24-12-6-18(21,22)7-12)25(10-26)13-5-11(20)8-23-9-13;11-7-8-3-4-12-9(6-8)13-5-1-2-10(13)14/h1-5,8-10,12,16H,6-7H2,(H,24,27);3-4,6H,1-2,5H2/t16-;/m0./s1. The monoisotopic (exact) mass is 584 g/mol. The fourth-order valence-corrected chi connectivity index (χ4v) is 4.74. The molecular weight excluding hydrogens is 561 g/mol. The largest absolute Gasteiger partial charge is 0.351 e. The molecule has 0 unspecified atom stereocenters. The van der Waals surface area contributed by atoms with Crippen LogP contribution in [-0.4, -0.2) is 46.7 Å². The van der Waals surface area contributed by atoms with Crippen LogP contribution in [0.5, 0.6) is 0 Å². The normalized spacial score (nSPS) is 16.5. The third kappa shape index (κ3) is 7.18. The molecule has 13 heteroatoms. The molecule has 212 valence electrons. The molecule has 0 bridgehead atoms. The number of carbonyl (C=O) groups excluding carboxylic acids is 3. The Balaban J connectivity index is 0.000000231. The van der Waals surface area contributed by atoms with Crippen LogP contribution >= 0.6 is 11.6 Å². The molecule has 1 saturated heterocycles. The van der Waals surface area contributed by atoms with E-state index in [1.807, 2.05) is 6.07 Å². The van der Waals surface area contributed by atoms with Crippen molar-refractivity contribution in [3.8, 4) is 6.07 Å². The lowest BCUT2D eigenvalue weighted by Crippen LogP contribution is -2.53. The summed E-state index contributed by atoms with van der Waals surface area (Å²) in [6.07, 6.45) is 4.57. The van der Waals surface area contributed by atoms with Gasteiger partial charge in [0.1, 0.15) is 17.7 Å². The molecule has 2 aromatic heterocycles. The van der Waals surface area contributed by atoms with Gasteiger partial charge in [0.25, 0.3) is 5.92 Å². The average Bonchev–Trinajstić information content (AvgIpc) is 3.37. The minimum absolute atomic E-state index is 0.0315. The van der Waals surface area contributed by atoms with E-state index < -0.39 is 42.6 Å². The molecule has 0 spiro atoms. The van der Waals surface area contributed by atoms with E-state index in [9.17, 15) is 27.6 Å². The van der Waals surface area contributed by atoms with E-state index in [0.29, 0.717) is 30.8 Å². The molecule has 2 fully saturated rings.